The zero-order valence-corrected chi connectivity index (χ0v) is 28.9. The molecule has 0 spiro atoms. The Kier molecular flexibility index (Phi) is 9.91. The van der Waals surface area contributed by atoms with Crippen molar-refractivity contribution < 1.29 is 28.7 Å². The van der Waals surface area contributed by atoms with E-state index in [-0.39, 0.29) is 44.9 Å². The highest BCUT2D eigenvalue weighted by atomic mass is 16.5. The van der Waals surface area contributed by atoms with E-state index in [4.69, 9.17) is 10.5 Å². The molecule has 1 unspecified atom stereocenters. The molecular weight excluding hydrogens is 666 g/mol. The van der Waals surface area contributed by atoms with Crippen LogP contribution in [0.4, 0.5) is 0 Å². The monoisotopic (exact) mass is 709 g/mol. The van der Waals surface area contributed by atoms with Crippen molar-refractivity contribution in [2.45, 2.75) is 81.5 Å². The zero-order valence-electron chi connectivity index (χ0n) is 28.9. The molecule has 2 saturated heterocycles. The van der Waals surface area contributed by atoms with Crippen molar-refractivity contribution in [3.63, 3.8) is 0 Å². The Morgan fingerprint density at radius 2 is 1.67 bits per heavy atom. The van der Waals surface area contributed by atoms with Crippen LogP contribution in [0.3, 0.4) is 0 Å². The Bertz CT molecular complexity index is 2080. The number of benzene rings is 2. The van der Waals surface area contributed by atoms with Crippen LogP contribution in [0.1, 0.15) is 74.2 Å². The minimum absolute atomic E-state index is 0.00741. The summed E-state index contributed by atoms with van der Waals surface area (Å²) < 4.78 is 8.10. The maximum absolute atomic E-state index is 14.8. The minimum atomic E-state index is -1.60. The lowest BCUT2D eigenvalue weighted by molar-refractivity contribution is -0.147. The van der Waals surface area contributed by atoms with Crippen molar-refractivity contribution in [2.24, 2.45) is 11.7 Å². The number of amides is 4. The summed E-state index contributed by atoms with van der Waals surface area (Å²) in [6, 6.07) is 15.4. The molecule has 7 rings (SSSR count). The fourth-order valence-electron chi connectivity index (χ4n) is 8.10. The fraction of sp³-hybridized carbons (Fsp3) is 0.447. The summed E-state index contributed by atoms with van der Waals surface area (Å²) in [5.74, 6) is -3.49. The average molecular weight is 710 g/mol. The second-order valence-corrected chi connectivity index (χ2v) is 14.3. The molecule has 1 saturated carbocycles. The summed E-state index contributed by atoms with van der Waals surface area (Å²) in [6.45, 7) is 0.194. The molecule has 3 fully saturated rings. The van der Waals surface area contributed by atoms with Crippen LogP contribution in [0.15, 0.2) is 71.7 Å². The highest BCUT2D eigenvalue weighted by Crippen LogP contribution is 2.32. The number of nitrogens with zero attached hydrogens (tertiary/aromatic N) is 4. The van der Waals surface area contributed by atoms with Gasteiger partial charge in [-0.05, 0) is 47.4 Å². The van der Waals surface area contributed by atoms with E-state index in [0.717, 1.165) is 42.9 Å². The van der Waals surface area contributed by atoms with Gasteiger partial charge in [0.05, 0.1) is 6.04 Å². The van der Waals surface area contributed by atoms with E-state index < -0.39 is 58.8 Å². The number of carbonyl (C=O) groups excluding carboxylic acids is 5. The van der Waals surface area contributed by atoms with Crippen molar-refractivity contribution in [1.29, 1.82) is 0 Å². The summed E-state index contributed by atoms with van der Waals surface area (Å²) in [6.07, 6.45) is 7.03. The van der Waals surface area contributed by atoms with Gasteiger partial charge in [-0.25, -0.2) is 9.48 Å². The standard InChI is InChI=1S/C38H43N7O7/c39-33(47)32(46)38(15-18-52-19-16-38)41-35(49)30-22-28(45-37(51)43-17-7-6-12-31(43)42-45)23-44(30)36(50)29(20-24-8-2-1-3-9-24)40-34(48)27-14-13-25-10-4-5-11-26(25)21-27/h4-7,10-14,17,21,24,28-30H,1-3,8-9,15-16,18-20,22-23H2,(H2,39,47)(H,40,48)(H,41,49)/t28-,29?,30-/m0/s1. The number of hydrogen-bond donors (Lipinski definition) is 3. The maximum atomic E-state index is 14.8. The van der Waals surface area contributed by atoms with E-state index in [9.17, 15) is 28.8 Å². The van der Waals surface area contributed by atoms with E-state index in [1.807, 2.05) is 30.3 Å². The van der Waals surface area contributed by atoms with Crippen LogP contribution < -0.4 is 22.1 Å². The molecule has 3 aliphatic rings. The van der Waals surface area contributed by atoms with Crippen LogP contribution in [-0.2, 0) is 23.9 Å². The maximum Gasteiger partial charge on any atom is 0.350 e. The van der Waals surface area contributed by atoms with Crippen molar-refractivity contribution in [1.82, 2.24) is 29.7 Å². The Morgan fingerprint density at radius 1 is 0.942 bits per heavy atom. The Labute approximate surface area is 299 Å². The first-order valence-corrected chi connectivity index (χ1v) is 18.0. The lowest BCUT2D eigenvalue weighted by atomic mass is 9.84. The van der Waals surface area contributed by atoms with Crippen LogP contribution in [0.2, 0.25) is 0 Å². The third-order valence-corrected chi connectivity index (χ3v) is 10.9. The molecule has 0 radical (unpaired) electrons. The average Bonchev–Trinajstić information content (AvgIpc) is 3.76. The van der Waals surface area contributed by atoms with Gasteiger partial charge in [0.15, 0.2) is 5.65 Å². The smallest absolute Gasteiger partial charge is 0.350 e. The van der Waals surface area contributed by atoms with Crippen molar-refractivity contribution in [3.05, 3.63) is 82.9 Å². The summed E-state index contributed by atoms with van der Waals surface area (Å²) in [5.41, 5.74) is 4.21. The van der Waals surface area contributed by atoms with Gasteiger partial charge in [-0.3, -0.25) is 28.4 Å². The van der Waals surface area contributed by atoms with Crippen molar-refractivity contribution in [3.8, 4) is 0 Å². The SMILES string of the molecule is NC(=O)C(=O)C1(NC(=O)[C@@H]2C[C@H](n3nc4ccccn4c3=O)CN2C(=O)C(CC2CCCCC2)NC(=O)c2ccc3ccccc3c2)CCOCC1. The normalized spacial score (nSPS) is 21.1. The van der Waals surface area contributed by atoms with E-state index in [2.05, 4.69) is 15.7 Å². The van der Waals surface area contributed by atoms with Crippen LogP contribution >= 0.6 is 0 Å². The Morgan fingerprint density at radius 3 is 2.40 bits per heavy atom. The number of carbonyl (C=O) groups is 5. The van der Waals surface area contributed by atoms with Crippen molar-refractivity contribution in [2.75, 3.05) is 19.8 Å². The number of ketones is 1. The zero-order chi connectivity index (χ0) is 36.4. The fourth-order valence-corrected chi connectivity index (χ4v) is 8.10. The molecule has 4 amide bonds. The highest BCUT2D eigenvalue weighted by molar-refractivity contribution is 6.39. The number of rotatable bonds is 10. The van der Waals surface area contributed by atoms with Crippen LogP contribution in [0.25, 0.3) is 16.4 Å². The van der Waals surface area contributed by atoms with Crippen molar-refractivity contribution >= 4 is 45.8 Å². The number of pyridine rings is 1. The predicted molar refractivity (Wildman–Crippen MR) is 190 cm³/mol. The third kappa shape index (κ3) is 6.94. The molecule has 2 aromatic heterocycles. The summed E-state index contributed by atoms with van der Waals surface area (Å²) >= 11 is 0. The van der Waals surface area contributed by atoms with Gasteiger partial charge in [0, 0.05) is 50.8 Å². The molecule has 272 valence electrons. The largest absolute Gasteiger partial charge is 0.381 e. The van der Waals surface area contributed by atoms with Crippen LogP contribution in [0.5, 0.6) is 0 Å². The second-order valence-electron chi connectivity index (χ2n) is 14.3. The van der Waals surface area contributed by atoms with Crippen LogP contribution in [-0.4, -0.2) is 85.9 Å². The van der Waals surface area contributed by atoms with Gasteiger partial charge in [0.2, 0.25) is 17.6 Å². The molecule has 4 N–H and O–H groups in total. The molecule has 2 aromatic carbocycles. The quantitative estimate of drug-likeness (QED) is 0.209. The molecule has 2 aliphatic heterocycles. The number of primary amides is 1. The van der Waals surface area contributed by atoms with Gasteiger partial charge >= 0.3 is 5.69 Å². The number of nitrogens with two attached hydrogens (primary N) is 1. The number of likely N-dealkylation sites (tertiary alicyclic amines) is 1. The summed E-state index contributed by atoms with van der Waals surface area (Å²) in [5, 5.41) is 12.2. The third-order valence-electron chi connectivity index (χ3n) is 10.9. The van der Waals surface area contributed by atoms with Gasteiger partial charge in [-0.2, -0.15) is 0 Å². The van der Waals surface area contributed by atoms with Gasteiger partial charge in [0.25, 0.3) is 11.8 Å². The first-order chi connectivity index (χ1) is 25.1. The molecule has 4 heterocycles. The Balaban J connectivity index is 1.22. The van der Waals surface area contributed by atoms with Crippen LogP contribution in [0, 0.1) is 5.92 Å². The number of ether oxygens (including phenoxy) is 1. The van der Waals surface area contributed by atoms with E-state index in [1.54, 1.807) is 36.5 Å². The van der Waals surface area contributed by atoms with Gasteiger partial charge in [-0.1, -0.05) is 68.5 Å². The molecule has 14 nitrogen and oxygen atoms in total. The molecule has 14 heteroatoms. The minimum Gasteiger partial charge on any atom is -0.381 e. The number of hydrogen-bond acceptors (Lipinski definition) is 8. The number of Topliss-reactive ketones (excluding diaryl/α,β-unsaturated/α-hetero) is 1. The van der Waals surface area contributed by atoms with E-state index in [1.165, 1.54) is 14.0 Å². The molecule has 1 aliphatic carbocycles. The molecule has 0 bridgehead atoms. The van der Waals surface area contributed by atoms with E-state index >= 15 is 0 Å². The molecule has 4 aromatic rings. The number of fused-ring (bicyclic) bond motifs is 2. The number of nitrogens with one attached hydrogen (secondary N) is 2. The molecular formula is C38H43N7O7. The molecule has 3 atom stereocenters. The summed E-state index contributed by atoms with van der Waals surface area (Å²) in [7, 11) is 0. The van der Waals surface area contributed by atoms with Gasteiger partial charge in [-0.15, -0.1) is 5.10 Å². The predicted octanol–water partition coefficient (Wildman–Crippen LogP) is 2.28. The topological polar surface area (TPSA) is 187 Å². The first kappa shape index (κ1) is 35.1. The number of aromatic nitrogens is 3. The lowest BCUT2D eigenvalue weighted by Gasteiger charge is -2.37. The van der Waals surface area contributed by atoms with Gasteiger partial charge < -0.3 is 26.0 Å². The molecule has 52 heavy (non-hydrogen) atoms. The van der Waals surface area contributed by atoms with E-state index in [0.29, 0.717) is 17.6 Å². The second kappa shape index (κ2) is 14.7. The summed E-state index contributed by atoms with van der Waals surface area (Å²) in [4.78, 5) is 83.1. The Hall–Kier alpha value is -5.37. The first-order valence-electron chi connectivity index (χ1n) is 18.0. The lowest BCUT2D eigenvalue weighted by Crippen LogP contribution is -2.64. The highest BCUT2D eigenvalue weighted by Gasteiger charge is 2.49. The van der Waals surface area contributed by atoms with Gasteiger partial charge in [0.1, 0.15) is 17.6 Å².